The second-order valence-electron chi connectivity index (χ2n) is 13.2. The fourth-order valence-corrected chi connectivity index (χ4v) is 6.94. The van der Waals surface area contributed by atoms with Crippen molar-refractivity contribution in [2.45, 2.75) is 63.6 Å². The van der Waals surface area contributed by atoms with Crippen molar-refractivity contribution in [2.75, 3.05) is 11.9 Å². The van der Waals surface area contributed by atoms with Crippen LogP contribution in [0.3, 0.4) is 0 Å². The van der Waals surface area contributed by atoms with E-state index in [9.17, 15) is 14.7 Å². The van der Waals surface area contributed by atoms with Gasteiger partial charge in [0, 0.05) is 30.1 Å². The maximum Gasteiger partial charge on any atom is 0.337 e. The molecule has 0 saturated heterocycles. The Labute approximate surface area is 316 Å². The Kier molecular flexibility index (Phi) is 11.5. The van der Waals surface area contributed by atoms with Crippen LogP contribution in [0.2, 0.25) is 0 Å². The lowest BCUT2D eigenvalue weighted by atomic mass is 10.2. The van der Waals surface area contributed by atoms with Crippen LogP contribution in [0.25, 0.3) is 22.7 Å². The number of rotatable bonds is 11. The molecule has 2 fully saturated rings. The van der Waals surface area contributed by atoms with Crippen LogP contribution in [0.15, 0.2) is 131 Å². The molecule has 2 aliphatic carbocycles. The number of phenols is 1. The van der Waals surface area contributed by atoms with E-state index in [1.54, 1.807) is 67.3 Å². The van der Waals surface area contributed by atoms with Gasteiger partial charge in [-0.3, -0.25) is 18.3 Å². The van der Waals surface area contributed by atoms with Crippen molar-refractivity contribution in [3.63, 3.8) is 0 Å². The van der Waals surface area contributed by atoms with Crippen molar-refractivity contribution in [2.24, 2.45) is 0 Å². The van der Waals surface area contributed by atoms with Gasteiger partial charge in [-0.25, -0.2) is 9.59 Å². The highest BCUT2D eigenvalue weighted by Crippen LogP contribution is 2.26. The average molecular weight is 780 g/mol. The minimum absolute atomic E-state index is 0.112. The van der Waals surface area contributed by atoms with E-state index in [4.69, 9.17) is 14.2 Å². The Balaban J connectivity index is 0.000000165. The Morgan fingerprint density at radius 3 is 1.17 bits per heavy atom. The van der Waals surface area contributed by atoms with Gasteiger partial charge in [-0.15, -0.1) is 0 Å². The standard InChI is InChI=1S/C22H23BrN2O3.C20H20N2O3/c23-13-16-27-19-9-5-17(6-10-19)24-14-15-25(22(24)26)18-7-11-21(12-8-18)28-20-3-1-2-4-20;23-17-9-5-15(6-10-17)21-13-14-22(20(21)24)16-7-11-19(12-8-16)25-18-3-1-2-4-18/h5-12,14-15,20H,1-4,13,16H2;5-14,18,23H,1-4H2. The molecule has 0 radical (unpaired) electrons. The molecule has 6 aromatic rings. The van der Waals surface area contributed by atoms with Gasteiger partial charge >= 0.3 is 11.4 Å². The Bertz CT molecular complexity index is 2170. The van der Waals surface area contributed by atoms with E-state index in [1.165, 1.54) is 25.7 Å². The SMILES string of the molecule is O=c1n(-c2ccc(O)cc2)ccn1-c1ccc(OC2CCCC2)cc1.O=c1n(-c2ccc(OCCBr)cc2)ccn1-c1ccc(OC2CCCC2)cc1. The molecule has 0 amide bonds. The number of nitrogens with zero attached hydrogens (tertiary/aromatic N) is 4. The molecule has 2 saturated carbocycles. The molecular formula is C42H43BrN4O6. The van der Waals surface area contributed by atoms with Crippen LogP contribution in [0.1, 0.15) is 51.4 Å². The predicted molar refractivity (Wildman–Crippen MR) is 209 cm³/mol. The maximum atomic E-state index is 12.8. The van der Waals surface area contributed by atoms with Gasteiger partial charge in [0.2, 0.25) is 0 Å². The van der Waals surface area contributed by atoms with Crippen LogP contribution in [0, 0.1) is 0 Å². The van der Waals surface area contributed by atoms with Crippen molar-refractivity contribution in [3.05, 3.63) is 143 Å². The first-order valence-corrected chi connectivity index (χ1v) is 19.3. The summed E-state index contributed by atoms with van der Waals surface area (Å²) in [5.74, 6) is 2.67. The summed E-state index contributed by atoms with van der Waals surface area (Å²) in [7, 11) is 0. The third-order valence-electron chi connectivity index (χ3n) is 9.58. The molecule has 2 aromatic heterocycles. The van der Waals surface area contributed by atoms with Crippen molar-refractivity contribution in [1.82, 2.24) is 18.3 Å². The van der Waals surface area contributed by atoms with Gasteiger partial charge in [-0.05, 0) is 148 Å². The summed E-state index contributed by atoms with van der Waals surface area (Å²) >= 11 is 3.34. The molecule has 0 bridgehead atoms. The van der Waals surface area contributed by atoms with E-state index >= 15 is 0 Å². The number of aromatic hydroxyl groups is 1. The molecule has 8 rings (SSSR count). The smallest absolute Gasteiger partial charge is 0.337 e. The zero-order chi connectivity index (χ0) is 36.6. The molecule has 0 spiro atoms. The normalized spacial score (nSPS) is 14.5. The van der Waals surface area contributed by atoms with Crippen molar-refractivity contribution < 1.29 is 19.3 Å². The highest BCUT2D eigenvalue weighted by molar-refractivity contribution is 9.09. The lowest BCUT2D eigenvalue weighted by Crippen LogP contribution is -2.21. The molecule has 2 heterocycles. The minimum Gasteiger partial charge on any atom is -0.508 e. The van der Waals surface area contributed by atoms with Crippen molar-refractivity contribution >= 4 is 15.9 Å². The van der Waals surface area contributed by atoms with E-state index < -0.39 is 0 Å². The van der Waals surface area contributed by atoms with Gasteiger partial charge in [0.1, 0.15) is 23.0 Å². The molecule has 274 valence electrons. The molecule has 10 nitrogen and oxygen atoms in total. The summed E-state index contributed by atoms with van der Waals surface area (Å²) in [6.45, 7) is 0.607. The highest BCUT2D eigenvalue weighted by atomic mass is 79.9. The van der Waals surface area contributed by atoms with E-state index in [0.29, 0.717) is 24.5 Å². The van der Waals surface area contributed by atoms with E-state index in [-0.39, 0.29) is 17.1 Å². The summed E-state index contributed by atoms with van der Waals surface area (Å²) < 4.78 is 23.9. The number of benzene rings is 4. The van der Waals surface area contributed by atoms with Crippen molar-refractivity contribution in [1.29, 1.82) is 0 Å². The molecule has 1 N–H and O–H groups in total. The van der Waals surface area contributed by atoms with Gasteiger partial charge in [0.15, 0.2) is 0 Å². The summed E-state index contributed by atoms with van der Waals surface area (Å²) in [6, 6.07) is 29.4. The monoisotopic (exact) mass is 778 g/mol. The van der Waals surface area contributed by atoms with Crippen LogP contribution in [0.4, 0.5) is 0 Å². The van der Waals surface area contributed by atoms with Crippen LogP contribution < -0.4 is 25.6 Å². The summed E-state index contributed by atoms with van der Waals surface area (Å²) in [4.78, 5) is 25.5. The number of alkyl halides is 1. The molecule has 0 atom stereocenters. The summed E-state index contributed by atoms with van der Waals surface area (Å²) in [5.41, 5.74) is 2.86. The number of halogens is 1. The fourth-order valence-electron chi connectivity index (χ4n) is 6.78. The number of hydrogen-bond acceptors (Lipinski definition) is 6. The van der Waals surface area contributed by atoms with Gasteiger partial charge in [-0.1, -0.05) is 15.9 Å². The van der Waals surface area contributed by atoms with Crippen LogP contribution in [-0.4, -0.2) is 47.5 Å². The second kappa shape index (κ2) is 16.9. The predicted octanol–water partition coefficient (Wildman–Crippen LogP) is 8.38. The molecule has 2 aliphatic rings. The van der Waals surface area contributed by atoms with Gasteiger partial charge in [-0.2, -0.15) is 0 Å². The maximum absolute atomic E-state index is 12.8. The Hall–Kier alpha value is -5.42. The van der Waals surface area contributed by atoms with Gasteiger partial charge < -0.3 is 19.3 Å². The zero-order valence-corrected chi connectivity index (χ0v) is 31.0. The number of phenolic OH excluding ortho intramolecular Hbond substituents is 1. The average Bonchev–Trinajstić information content (AvgIpc) is 4.03. The topological polar surface area (TPSA) is 102 Å². The second-order valence-corrected chi connectivity index (χ2v) is 14.0. The Morgan fingerprint density at radius 2 is 0.830 bits per heavy atom. The molecular weight excluding hydrogens is 736 g/mol. The number of hydrogen-bond donors (Lipinski definition) is 1. The van der Waals surface area contributed by atoms with E-state index in [2.05, 4.69) is 15.9 Å². The van der Waals surface area contributed by atoms with Crippen LogP contribution in [0.5, 0.6) is 23.0 Å². The number of ether oxygens (including phenoxy) is 3. The third-order valence-corrected chi connectivity index (χ3v) is 9.91. The lowest BCUT2D eigenvalue weighted by molar-refractivity contribution is 0.210. The molecule has 11 heteroatoms. The minimum atomic E-state index is -0.157. The quantitative estimate of drug-likeness (QED) is 0.133. The lowest BCUT2D eigenvalue weighted by Gasteiger charge is -2.13. The molecule has 53 heavy (non-hydrogen) atoms. The van der Waals surface area contributed by atoms with Crippen LogP contribution in [-0.2, 0) is 0 Å². The first-order valence-electron chi connectivity index (χ1n) is 18.2. The third kappa shape index (κ3) is 8.80. The fraction of sp³-hybridized carbons (Fsp3) is 0.286. The number of aromatic nitrogens is 4. The highest BCUT2D eigenvalue weighted by Gasteiger charge is 2.18. The van der Waals surface area contributed by atoms with Crippen molar-refractivity contribution in [3.8, 4) is 45.7 Å². The first kappa shape index (κ1) is 36.0. The molecule has 0 unspecified atom stereocenters. The summed E-state index contributed by atoms with van der Waals surface area (Å²) in [5, 5.41) is 10.2. The zero-order valence-electron chi connectivity index (χ0n) is 29.4. The summed E-state index contributed by atoms with van der Waals surface area (Å²) in [6.07, 6.45) is 17.1. The number of imidazole rings is 2. The molecule has 4 aromatic carbocycles. The first-order chi connectivity index (χ1) is 25.9. The Morgan fingerprint density at radius 1 is 0.509 bits per heavy atom. The van der Waals surface area contributed by atoms with E-state index in [1.807, 2.05) is 72.8 Å². The molecule has 0 aliphatic heterocycles. The van der Waals surface area contributed by atoms with Gasteiger partial charge in [0.25, 0.3) is 0 Å². The van der Waals surface area contributed by atoms with E-state index in [0.717, 1.165) is 65.3 Å². The van der Waals surface area contributed by atoms with Crippen LogP contribution >= 0.6 is 15.9 Å². The largest absolute Gasteiger partial charge is 0.508 e. The van der Waals surface area contributed by atoms with Gasteiger partial charge in [0.05, 0.1) is 41.6 Å².